The molecule has 0 fully saturated rings. The summed E-state index contributed by atoms with van der Waals surface area (Å²) in [7, 11) is 0. The molecule has 0 bridgehead atoms. The number of rotatable bonds is 1. The smallest absolute Gasteiger partial charge is 0.147 e. The molecule has 4 heteroatoms. The summed E-state index contributed by atoms with van der Waals surface area (Å²) >= 11 is 5.76. The molecule has 92 valence electrons. The molecule has 1 aliphatic rings. The van der Waals surface area contributed by atoms with E-state index in [0.29, 0.717) is 23.8 Å². The van der Waals surface area contributed by atoms with Gasteiger partial charge in [0.25, 0.3) is 0 Å². The summed E-state index contributed by atoms with van der Waals surface area (Å²) in [6.45, 7) is 1.38. The number of halogens is 2. The first kappa shape index (κ1) is 11.4. The highest BCUT2D eigenvalue weighted by Crippen LogP contribution is 2.31. The first-order valence-electron chi connectivity index (χ1n) is 5.71. The second-order valence-corrected chi connectivity index (χ2v) is 4.92. The van der Waals surface area contributed by atoms with Gasteiger partial charge in [0, 0.05) is 23.8 Å². The lowest BCUT2D eigenvalue weighted by atomic mass is 10.1. The Labute approximate surface area is 110 Å². The molecule has 0 unspecified atom stereocenters. The third-order valence-electron chi connectivity index (χ3n) is 3.20. The number of nitrogens with zero attached hydrogens (tertiary/aromatic N) is 1. The molecular weight excluding hydrogens is 251 g/mol. The van der Waals surface area contributed by atoms with Crippen LogP contribution in [0.4, 0.5) is 15.8 Å². The summed E-state index contributed by atoms with van der Waals surface area (Å²) < 4.78 is 13.9. The van der Waals surface area contributed by atoms with E-state index < -0.39 is 0 Å². The van der Waals surface area contributed by atoms with E-state index in [1.54, 1.807) is 12.1 Å². The normalized spacial score (nSPS) is 13.8. The van der Waals surface area contributed by atoms with Gasteiger partial charge in [-0.1, -0.05) is 17.7 Å². The molecule has 0 atom stereocenters. The third-order valence-corrected chi connectivity index (χ3v) is 3.44. The van der Waals surface area contributed by atoms with Gasteiger partial charge in [0.05, 0.1) is 5.69 Å². The van der Waals surface area contributed by atoms with Crippen LogP contribution in [-0.2, 0) is 13.1 Å². The van der Waals surface area contributed by atoms with Gasteiger partial charge in [-0.2, -0.15) is 0 Å². The standard InChI is InChI=1S/C14H12ClFN2/c15-11-2-4-14(13(16)6-11)18-7-9-1-3-12(17)5-10(9)8-18/h1-6H,7-8,17H2. The molecule has 0 spiro atoms. The van der Waals surface area contributed by atoms with E-state index in [1.165, 1.54) is 11.6 Å². The lowest BCUT2D eigenvalue weighted by Crippen LogP contribution is -2.15. The zero-order valence-corrected chi connectivity index (χ0v) is 10.4. The largest absolute Gasteiger partial charge is 0.399 e. The number of anilines is 2. The SMILES string of the molecule is Nc1ccc2c(c1)CN(c1ccc(Cl)cc1F)C2. The van der Waals surface area contributed by atoms with E-state index in [2.05, 4.69) is 0 Å². The van der Waals surface area contributed by atoms with E-state index >= 15 is 0 Å². The molecule has 2 aromatic carbocycles. The Bertz CT molecular complexity index is 613. The van der Waals surface area contributed by atoms with Crippen LogP contribution in [0.25, 0.3) is 0 Å². The third kappa shape index (κ3) is 1.91. The van der Waals surface area contributed by atoms with Gasteiger partial charge >= 0.3 is 0 Å². The fraction of sp³-hybridized carbons (Fsp3) is 0.143. The van der Waals surface area contributed by atoms with Gasteiger partial charge in [-0.25, -0.2) is 4.39 Å². The lowest BCUT2D eigenvalue weighted by molar-refractivity contribution is 0.619. The quantitative estimate of drug-likeness (QED) is 0.796. The average molecular weight is 263 g/mol. The fourth-order valence-corrected chi connectivity index (χ4v) is 2.48. The van der Waals surface area contributed by atoms with Crippen molar-refractivity contribution in [1.82, 2.24) is 0 Å². The Morgan fingerprint density at radius 3 is 2.61 bits per heavy atom. The molecule has 0 saturated carbocycles. The van der Waals surface area contributed by atoms with Gasteiger partial charge in [-0.05, 0) is 41.5 Å². The summed E-state index contributed by atoms with van der Waals surface area (Å²) in [6, 6.07) is 10.6. The van der Waals surface area contributed by atoms with Crippen LogP contribution in [0, 0.1) is 5.82 Å². The molecule has 2 aromatic rings. The van der Waals surface area contributed by atoms with Crippen LogP contribution in [0.15, 0.2) is 36.4 Å². The Balaban J connectivity index is 1.93. The first-order chi connectivity index (χ1) is 8.63. The molecule has 0 aromatic heterocycles. The molecule has 1 heterocycles. The monoisotopic (exact) mass is 262 g/mol. The highest BCUT2D eigenvalue weighted by atomic mass is 35.5. The van der Waals surface area contributed by atoms with Crippen LogP contribution in [0.2, 0.25) is 5.02 Å². The molecule has 0 radical (unpaired) electrons. The van der Waals surface area contributed by atoms with Gasteiger partial charge in [0.15, 0.2) is 0 Å². The minimum absolute atomic E-state index is 0.289. The van der Waals surface area contributed by atoms with Crippen molar-refractivity contribution in [3.05, 3.63) is 58.4 Å². The van der Waals surface area contributed by atoms with Crippen LogP contribution in [0.5, 0.6) is 0 Å². The van der Waals surface area contributed by atoms with Crippen molar-refractivity contribution in [3.63, 3.8) is 0 Å². The highest BCUT2D eigenvalue weighted by molar-refractivity contribution is 6.30. The van der Waals surface area contributed by atoms with Gasteiger partial charge in [0.2, 0.25) is 0 Å². The van der Waals surface area contributed by atoms with Crippen molar-refractivity contribution in [2.24, 2.45) is 0 Å². The van der Waals surface area contributed by atoms with E-state index in [9.17, 15) is 4.39 Å². The predicted molar refractivity (Wildman–Crippen MR) is 72.2 cm³/mol. The minimum atomic E-state index is -0.289. The van der Waals surface area contributed by atoms with E-state index in [1.807, 2.05) is 23.1 Å². The highest BCUT2D eigenvalue weighted by Gasteiger charge is 2.21. The number of nitrogens with two attached hydrogens (primary N) is 1. The minimum Gasteiger partial charge on any atom is -0.399 e. The summed E-state index contributed by atoms with van der Waals surface area (Å²) in [5.74, 6) is -0.289. The van der Waals surface area contributed by atoms with Crippen LogP contribution >= 0.6 is 11.6 Å². The Morgan fingerprint density at radius 1 is 1.06 bits per heavy atom. The van der Waals surface area contributed by atoms with Crippen LogP contribution in [0.3, 0.4) is 0 Å². The molecule has 2 N–H and O–H groups in total. The summed E-state index contributed by atoms with van der Waals surface area (Å²) in [6.07, 6.45) is 0. The van der Waals surface area contributed by atoms with Gasteiger partial charge in [-0.3, -0.25) is 0 Å². The lowest BCUT2D eigenvalue weighted by Gasteiger charge is -2.18. The van der Waals surface area contributed by atoms with E-state index in [-0.39, 0.29) is 5.82 Å². The van der Waals surface area contributed by atoms with Crippen molar-refractivity contribution >= 4 is 23.0 Å². The van der Waals surface area contributed by atoms with E-state index in [0.717, 1.165) is 11.3 Å². The average Bonchev–Trinajstić information content (AvgIpc) is 2.71. The van der Waals surface area contributed by atoms with Crippen molar-refractivity contribution in [1.29, 1.82) is 0 Å². The van der Waals surface area contributed by atoms with Gasteiger partial charge < -0.3 is 10.6 Å². The second-order valence-electron chi connectivity index (χ2n) is 4.48. The maximum atomic E-state index is 13.9. The molecule has 0 amide bonds. The zero-order valence-electron chi connectivity index (χ0n) is 9.66. The number of hydrogen-bond donors (Lipinski definition) is 1. The van der Waals surface area contributed by atoms with Crippen molar-refractivity contribution in [2.75, 3.05) is 10.6 Å². The van der Waals surface area contributed by atoms with Crippen LogP contribution in [0.1, 0.15) is 11.1 Å². The molecule has 3 rings (SSSR count). The van der Waals surface area contributed by atoms with E-state index in [4.69, 9.17) is 17.3 Å². The topological polar surface area (TPSA) is 29.3 Å². The van der Waals surface area contributed by atoms with Crippen LogP contribution < -0.4 is 10.6 Å². The zero-order chi connectivity index (χ0) is 12.7. The molecule has 0 aliphatic carbocycles. The number of nitrogen functional groups attached to an aromatic ring is 1. The van der Waals surface area contributed by atoms with Crippen LogP contribution in [-0.4, -0.2) is 0 Å². The maximum Gasteiger partial charge on any atom is 0.147 e. The van der Waals surface area contributed by atoms with Crippen molar-refractivity contribution in [3.8, 4) is 0 Å². The van der Waals surface area contributed by atoms with Gasteiger partial charge in [-0.15, -0.1) is 0 Å². The summed E-state index contributed by atoms with van der Waals surface area (Å²) in [5.41, 5.74) is 9.43. The first-order valence-corrected chi connectivity index (χ1v) is 6.08. The fourth-order valence-electron chi connectivity index (χ4n) is 2.32. The maximum absolute atomic E-state index is 13.9. The second kappa shape index (κ2) is 4.18. The van der Waals surface area contributed by atoms with Crippen molar-refractivity contribution < 1.29 is 4.39 Å². The summed E-state index contributed by atoms with van der Waals surface area (Å²) in [5, 5.41) is 0.414. The van der Waals surface area contributed by atoms with Crippen molar-refractivity contribution in [2.45, 2.75) is 13.1 Å². The number of benzene rings is 2. The molecule has 2 nitrogen and oxygen atoms in total. The molecular formula is C14H12ClFN2. The Hall–Kier alpha value is -1.74. The molecule has 1 aliphatic heterocycles. The van der Waals surface area contributed by atoms with Gasteiger partial charge in [0.1, 0.15) is 5.82 Å². The summed E-state index contributed by atoms with van der Waals surface area (Å²) in [4.78, 5) is 1.98. The molecule has 18 heavy (non-hydrogen) atoms. The predicted octanol–water partition coefficient (Wildman–Crippen LogP) is 3.58. The molecule has 0 saturated heterocycles. The Morgan fingerprint density at radius 2 is 1.83 bits per heavy atom. The number of fused-ring (bicyclic) bond motifs is 1. The number of hydrogen-bond acceptors (Lipinski definition) is 2. The Kier molecular flexibility index (Phi) is 2.63.